The number of nitrogens with zero attached hydrogens (tertiary/aromatic N) is 3. The molecule has 0 aliphatic rings. The number of carbonyl (C=O) groups is 1. The van der Waals surface area contributed by atoms with Gasteiger partial charge in [-0.2, -0.15) is 4.98 Å². The topological polar surface area (TPSA) is 107 Å². The molecule has 0 aliphatic carbocycles. The molecule has 3 rings (SSSR count). The monoisotopic (exact) mass is 451 g/mol. The lowest BCUT2D eigenvalue weighted by atomic mass is 10.1. The molecule has 1 aromatic heterocycles. The third-order valence-electron chi connectivity index (χ3n) is 4.99. The third kappa shape index (κ3) is 5.88. The number of amides is 1. The van der Waals surface area contributed by atoms with Crippen molar-refractivity contribution in [3.63, 3.8) is 0 Å². The number of hydrogen-bond donors (Lipinski definition) is 2. The van der Waals surface area contributed by atoms with Crippen molar-refractivity contribution in [2.45, 2.75) is 46.9 Å². The number of rotatable bonds is 8. The van der Waals surface area contributed by atoms with E-state index in [0.29, 0.717) is 5.69 Å². The number of anilines is 2. The minimum Gasteiger partial charge on any atom is -0.491 e. The van der Waals surface area contributed by atoms with E-state index in [-0.39, 0.29) is 18.6 Å². The fourth-order valence-electron chi connectivity index (χ4n) is 3.24. The van der Waals surface area contributed by atoms with Crippen LogP contribution in [0.15, 0.2) is 52.1 Å². The molecule has 0 unspecified atom stereocenters. The normalized spacial score (nSPS) is 10.8. The van der Waals surface area contributed by atoms with E-state index in [1.807, 2.05) is 64.1 Å². The SMILES string of the molecule is CNC(=O)Cn1c(=O)nc(Nc2ccc(OC(C)C)c(C)c2)n(Cc2ccc(C)cc2)c1=O. The van der Waals surface area contributed by atoms with E-state index in [2.05, 4.69) is 15.6 Å². The number of ether oxygens (including phenoxy) is 1. The van der Waals surface area contributed by atoms with Gasteiger partial charge in [-0.15, -0.1) is 0 Å². The molecule has 1 heterocycles. The number of hydrogen-bond acceptors (Lipinski definition) is 6. The van der Waals surface area contributed by atoms with E-state index in [1.165, 1.54) is 11.6 Å². The van der Waals surface area contributed by atoms with Crippen molar-refractivity contribution in [3.8, 4) is 5.75 Å². The molecule has 0 radical (unpaired) electrons. The van der Waals surface area contributed by atoms with Gasteiger partial charge in [0.15, 0.2) is 0 Å². The van der Waals surface area contributed by atoms with Crippen molar-refractivity contribution in [1.29, 1.82) is 0 Å². The van der Waals surface area contributed by atoms with Gasteiger partial charge in [0.2, 0.25) is 11.9 Å². The molecule has 0 atom stereocenters. The van der Waals surface area contributed by atoms with Crippen LogP contribution >= 0.6 is 0 Å². The van der Waals surface area contributed by atoms with Crippen LogP contribution in [0.1, 0.15) is 30.5 Å². The fraction of sp³-hybridized carbons (Fsp3) is 0.333. The first-order chi connectivity index (χ1) is 15.7. The van der Waals surface area contributed by atoms with Crippen LogP contribution in [0.25, 0.3) is 0 Å². The Balaban J connectivity index is 2.04. The molecule has 0 spiro atoms. The van der Waals surface area contributed by atoms with Crippen molar-refractivity contribution in [2.75, 3.05) is 12.4 Å². The molecule has 174 valence electrons. The molecule has 0 aliphatic heterocycles. The molecule has 3 aromatic rings. The van der Waals surface area contributed by atoms with Crippen molar-refractivity contribution in [3.05, 3.63) is 80.1 Å². The Hall–Kier alpha value is -3.88. The molecule has 2 N–H and O–H groups in total. The van der Waals surface area contributed by atoms with Crippen LogP contribution in [0.3, 0.4) is 0 Å². The highest BCUT2D eigenvalue weighted by molar-refractivity contribution is 5.75. The largest absolute Gasteiger partial charge is 0.491 e. The average molecular weight is 452 g/mol. The number of likely N-dealkylation sites (N-methyl/N-ethyl adjacent to an activating group) is 1. The molecule has 9 nitrogen and oxygen atoms in total. The molecule has 0 saturated carbocycles. The van der Waals surface area contributed by atoms with Gasteiger partial charge in [0.05, 0.1) is 12.6 Å². The highest BCUT2D eigenvalue weighted by Gasteiger charge is 2.16. The van der Waals surface area contributed by atoms with Crippen LogP contribution in [-0.4, -0.2) is 33.2 Å². The van der Waals surface area contributed by atoms with Gasteiger partial charge in [-0.05, 0) is 57.0 Å². The average Bonchev–Trinajstić information content (AvgIpc) is 2.76. The van der Waals surface area contributed by atoms with Crippen LogP contribution in [0.4, 0.5) is 11.6 Å². The van der Waals surface area contributed by atoms with Crippen molar-refractivity contribution in [1.82, 2.24) is 19.4 Å². The molecule has 9 heteroatoms. The van der Waals surface area contributed by atoms with Crippen molar-refractivity contribution >= 4 is 17.5 Å². The quantitative estimate of drug-likeness (QED) is 0.544. The van der Waals surface area contributed by atoms with Gasteiger partial charge in [0.25, 0.3) is 0 Å². The Morgan fingerprint density at radius 2 is 1.76 bits per heavy atom. The standard InChI is InChI=1S/C24H29N5O4/c1-15(2)33-20-11-10-19(12-17(20)4)26-22-27-23(31)29(14-21(30)25-5)24(32)28(22)13-18-8-6-16(3)7-9-18/h6-12,15H,13-14H2,1-5H3,(H,25,30)(H,26,27,31). The second-order valence-electron chi connectivity index (χ2n) is 8.10. The smallest absolute Gasteiger partial charge is 0.355 e. The second-order valence-corrected chi connectivity index (χ2v) is 8.10. The van der Waals surface area contributed by atoms with Crippen LogP contribution in [0, 0.1) is 13.8 Å². The summed E-state index contributed by atoms with van der Waals surface area (Å²) < 4.78 is 7.95. The van der Waals surface area contributed by atoms with E-state index in [0.717, 1.165) is 27.0 Å². The summed E-state index contributed by atoms with van der Waals surface area (Å²) in [4.78, 5) is 41.7. The summed E-state index contributed by atoms with van der Waals surface area (Å²) in [6.45, 7) is 7.56. The fourth-order valence-corrected chi connectivity index (χ4v) is 3.24. The first-order valence-corrected chi connectivity index (χ1v) is 10.7. The number of carbonyl (C=O) groups excluding carboxylic acids is 1. The molecule has 0 bridgehead atoms. The number of nitrogens with one attached hydrogen (secondary N) is 2. The zero-order chi connectivity index (χ0) is 24.1. The third-order valence-corrected chi connectivity index (χ3v) is 4.99. The van der Waals surface area contributed by atoms with Crippen LogP contribution in [-0.2, 0) is 17.9 Å². The summed E-state index contributed by atoms with van der Waals surface area (Å²) >= 11 is 0. The van der Waals surface area contributed by atoms with Gasteiger partial charge in [-0.25, -0.2) is 14.2 Å². The number of aryl methyl sites for hydroxylation is 2. The van der Waals surface area contributed by atoms with E-state index in [4.69, 9.17) is 4.74 Å². The summed E-state index contributed by atoms with van der Waals surface area (Å²) in [7, 11) is 1.44. The Labute approximate surface area is 192 Å². The van der Waals surface area contributed by atoms with E-state index >= 15 is 0 Å². The maximum absolute atomic E-state index is 13.2. The van der Waals surface area contributed by atoms with Gasteiger partial charge in [0.1, 0.15) is 12.3 Å². The highest BCUT2D eigenvalue weighted by atomic mass is 16.5. The number of aromatic nitrogens is 3. The lowest BCUT2D eigenvalue weighted by Crippen LogP contribution is -2.45. The Kier molecular flexibility index (Phi) is 7.32. The maximum Gasteiger partial charge on any atom is 0.355 e. The summed E-state index contributed by atoms with van der Waals surface area (Å²) in [5, 5.41) is 5.50. The van der Waals surface area contributed by atoms with Gasteiger partial charge < -0.3 is 15.4 Å². The summed E-state index contributed by atoms with van der Waals surface area (Å²) in [6, 6.07) is 13.2. The summed E-state index contributed by atoms with van der Waals surface area (Å²) in [5.41, 5.74) is 2.06. The predicted octanol–water partition coefficient (Wildman–Crippen LogP) is 2.35. The van der Waals surface area contributed by atoms with Crippen LogP contribution in [0.2, 0.25) is 0 Å². The Morgan fingerprint density at radius 3 is 2.36 bits per heavy atom. The molecule has 0 saturated heterocycles. The van der Waals surface area contributed by atoms with E-state index in [9.17, 15) is 14.4 Å². The first kappa shape index (κ1) is 23.8. The zero-order valence-electron chi connectivity index (χ0n) is 19.5. The summed E-state index contributed by atoms with van der Waals surface area (Å²) in [5.74, 6) is 0.382. The molecule has 33 heavy (non-hydrogen) atoms. The van der Waals surface area contributed by atoms with Crippen molar-refractivity contribution < 1.29 is 9.53 Å². The van der Waals surface area contributed by atoms with Gasteiger partial charge in [0, 0.05) is 12.7 Å². The van der Waals surface area contributed by atoms with Gasteiger partial charge in [-0.1, -0.05) is 29.8 Å². The Morgan fingerprint density at radius 1 is 1.06 bits per heavy atom. The maximum atomic E-state index is 13.2. The predicted molar refractivity (Wildman–Crippen MR) is 127 cm³/mol. The molecular weight excluding hydrogens is 422 g/mol. The Bertz CT molecular complexity index is 1260. The lowest BCUT2D eigenvalue weighted by Gasteiger charge is -2.17. The van der Waals surface area contributed by atoms with E-state index < -0.39 is 23.8 Å². The van der Waals surface area contributed by atoms with Crippen molar-refractivity contribution in [2.24, 2.45) is 0 Å². The second kappa shape index (κ2) is 10.2. The summed E-state index contributed by atoms with van der Waals surface area (Å²) in [6.07, 6.45) is 0.0387. The van der Waals surface area contributed by atoms with Gasteiger partial charge >= 0.3 is 11.4 Å². The van der Waals surface area contributed by atoms with Gasteiger partial charge in [-0.3, -0.25) is 9.36 Å². The van der Waals surface area contributed by atoms with E-state index in [1.54, 1.807) is 6.07 Å². The lowest BCUT2D eigenvalue weighted by molar-refractivity contribution is -0.121. The number of benzene rings is 2. The van der Waals surface area contributed by atoms with Crippen LogP contribution < -0.4 is 26.7 Å². The zero-order valence-corrected chi connectivity index (χ0v) is 19.5. The molecule has 2 aromatic carbocycles. The molecule has 0 fully saturated rings. The molecular formula is C24H29N5O4. The van der Waals surface area contributed by atoms with Crippen LogP contribution in [0.5, 0.6) is 5.75 Å². The first-order valence-electron chi connectivity index (χ1n) is 10.7. The minimum absolute atomic E-state index is 0.0387. The molecule has 1 amide bonds. The highest BCUT2D eigenvalue weighted by Crippen LogP contribution is 2.24. The minimum atomic E-state index is -0.803.